The molecule has 0 heterocycles. The Bertz CT molecular complexity index is 697. The van der Waals surface area contributed by atoms with Crippen molar-refractivity contribution < 1.29 is 17.9 Å². The molecule has 0 saturated heterocycles. The molecule has 4 heteroatoms. The summed E-state index contributed by atoms with van der Waals surface area (Å²) in [6.45, 7) is 20.8. The van der Waals surface area contributed by atoms with E-state index in [1.165, 1.54) is 17.7 Å². The topological polar surface area (TPSA) is 9.23 Å². The first-order chi connectivity index (χ1) is 16.4. The molecule has 194 valence electrons. The van der Waals surface area contributed by atoms with Crippen molar-refractivity contribution in [2.45, 2.75) is 75.4 Å². The minimum Gasteiger partial charge on any atom is -0.494 e. The highest BCUT2D eigenvalue weighted by Gasteiger charge is 2.29. The van der Waals surface area contributed by atoms with Crippen LogP contribution in [0.25, 0.3) is 0 Å². The lowest BCUT2D eigenvalue weighted by Gasteiger charge is -2.03. The summed E-state index contributed by atoms with van der Waals surface area (Å²) < 4.78 is 40.6. The maximum atomic E-state index is 11.8. The highest BCUT2D eigenvalue weighted by molar-refractivity contribution is 5.20. The van der Waals surface area contributed by atoms with E-state index in [4.69, 9.17) is 4.74 Å². The molecule has 0 spiro atoms. The molecule has 3 aromatic rings. The van der Waals surface area contributed by atoms with Gasteiger partial charge in [-0.05, 0) is 26.0 Å². The first kappa shape index (κ1) is 38.5. The molecule has 0 bridgehead atoms. The summed E-state index contributed by atoms with van der Waals surface area (Å²) in [6, 6.07) is 26.4. The third-order valence-electron chi connectivity index (χ3n) is 3.10. The monoisotopic (exact) mass is 480 g/mol. The molecule has 0 amide bonds. The van der Waals surface area contributed by atoms with E-state index in [9.17, 15) is 13.2 Å². The lowest BCUT2D eigenvalue weighted by atomic mass is 10.2. The van der Waals surface area contributed by atoms with Gasteiger partial charge in [0.1, 0.15) is 5.75 Å². The van der Waals surface area contributed by atoms with Crippen LogP contribution in [0.4, 0.5) is 13.2 Å². The lowest BCUT2D eigenvalue weighted by Crippen LogP contribution is -2.03. The second-order valence-corrected chi connectivity index (χ2v) is 5.26. The summed E-state index contributed by atoms with van der Waals surface area (Å²) in [5.74, 6) is 0.944. The van der Waals surface area contributed by atoms with Gasteiger partial charge in [-0.25, -0.2) is 0 Å². The van der Waals surface area contributed by atoms with Gasteiger partial charge in [0, 0.05) is 0 Å². The van der Waals surface area contributed by atoms with Gasteiger partial charge in [-0.15, -0.1) is 0 Å². The zero-order valence-corrected chi connectivity index (χ0v) is 22.9. The van der Waals surface area contributed by atoms with E-state index in [0.717, 1.165) is 24.5 Å². The van der Waals surface area contributed by atoms with Crippen LogP contribution < -0.4 is 4.74 Å². The molecule has 34 heavy (non-hydrogen) atoms. The molecular formula is C30H47F3O. The fourth-order valence-electron chi connectivity index (χ4n) is 1.84. The summed E-state index contributed by atoms with van der Waals surface area (Å²) >= 11 is 0. The summed E-state index contributed by atoms with van der Waals surface area (Å²) in [7, 11) is 0. The Morgan fingerprint density at radius 1 is 0.559 bits per heavy atom. The van der Waals surface area contributed by atoms with Crippen LogP contribution in [0.15, 0.2) is 91.0 Å². The fraction of sp³-hybridized carbons (Fsp3) is 0.400. The standard InChI is InChI=1S/C8H10O.C7H5F3.C7H8.4C2H6/c1-2-9-8-6-4-3-5-7-8;8-7(9,10)6-4-2-1-3-5-6;1-7-5-3-2-4-6-7;4*1-2/h3-7H,2H2,1H3;1-5H;2-6H,1H3;4*1-2H3. The molecule has 0 aliphatic rings. The van der Waals surface area contributed by atoms with E-state index >= 15 is 0 Å². The Morgan fingerprint density at radius 3 is 1.12 bits per heavy atom. The number of para-hydroxylation sites is 1. The van der Waals surface area contributed by atoms with Gasteiger partial charge in [-0.3, -0.25) is 0 Å². The van der Waals surface area contributed by atoms with Crippen molar-refractivity contribution in [2.24, 2.45) is 0 Å². The third kappa shape index (κ3) is 25.5. The van der Waals surface area contributed by atoms with Crippen molar-refractivity contribution in [2.75, 3.05) is 6.61 Å². The fourth-order valence-corrected chi connectivity index (χ4v) is 1.84. The number of alkyl halides is 3. The minimum atomic E-state index is -4.21. The molecule has 0 atom stereocenters. The van der Waals surface area contributed by atoms with Gasteiger partial charge < -0.3 is 4.74 Å². The highest BCUT2D eigenvalue weighted by atomic mass is 19.4. The maximum absolute atomic E-state index is 11.8. The molecule has 0 saturated carbocycles. The predicted molar refractivity (Wildman–Crippen MR) is 146 cm³/mol. The average molecular weight is 481 g/mol. The molecule has 1 nitrogen and oxygen atoms in total. The molecule has 0 aliphatic heterocycles. The number of ether oxygens (including phenoxy) is 1. The van der Waals surface area contributed by atoms with Crippen LogP contribution >= 0.6 is 0 Å². The Labute approximate surface area is 208 Å². The van der Waals surface area contributed by atoms with Crippen LogP contribution in [0.5, 0.6) is 5.75 Å². The van der Waals surface area contributed by atoms with Gasteiger partial charge in [0.2, 0.25) is 0 Å². The first-order valence-electron chi connectivity index (χ1n) is 12.2. The van der Waals surface area contributed by atoms with Gasteiger partial charge in [-0.2, -0.15) is 13.2 Å². The zero-order valence-electron chi connectivity index (χ0n) is 22.9. The molecule has 3 rings (SSSR count). The predicted octanol–water partition coefficient (Wildman–Crippen LogP) is 10.9. The van der Waals surface area contributed by atoms with Crippen LogP contribution in [0.1, 0.15) is 73.4 Å². The summed E-state index contributed by atoms with van der Waals surface area (Å²) in [4.78, 5) is 0. The SMILES string of the molecule is CC.CC.CC.CC.CCOc1ccccc1.Cc1ccccc1.FC(F)(F)c1ccccc1. The van der Waals surface area contributed by atoms with Crippen LogP contribution in [-0.2, 0) is 6.18 Å². The van der Waals surface area contributed by atoms with Crippen LogP contribution in [0.2, 0.25) is 0 Å². The number of hydrogen-bond acceptors (Lipinski definition) is 1. The summed E-state index contributed by atoms with van der Waals surface area (Å²) in [5, 5.41) is 0. The Hall–Kier alpha value is -2.75. The van der Waals surface area contributed by atoms with Gasteiger partial charge in [0.25, 0.3) is 0 Å². The van der Waals surface area contributed by atoms with Crippen molar-refractivity contribution in [3.63, 3.8) is 0 Å². The Balaban J connectivity index is -0.000000174. The van der Waals surface area contributed by atoms with E-state index in [1.807, 2.05) is 111 Å². The third-order valence-corrected chi connectivity index (χ3v) is 3.10. The number of hydrogen-bond donors (Lipinski definition) is 0. The van der Waals surface area contributed by atoms with Crippen LogP contribution in [0, 0.1) is 6.92 Å². The minimum absolute atomic E-state index is 0.602. The van der Waals surface area contributed by atoms with E-state index in [2.05, 4.69) is 19.1 Å². The van der Waals surface area contributed by atoms with Gasteiger partial charge in [0.05, 0.1) is 12.2 Å². The Kier molecular flexibility index (Phi) is 34.3. The van der Waals surface area contributed by atoms with Crippen molar-refractivity contribution >= 4 is 0 Å². The second kappa shape index (κ2) is 30.2. The molecule has 3 aromatic carbocycles. The maximum Gasteiger partial charge on any atom is 0.416 e. The van der Waals surface area contributed by atoms with Crippen LogP contribution in [-0.4, -0.2) is 6.61 Å². The number of aryl methyl sites for hydroxylation is 1. The molecule has 0 N–H and O–H groups in total. The number of benzene rings is 3. The molecule has 0 fully saturated rings. The smallest absolute Gasteiger partial charge is 0.416 e. The van der Waals surface area contributed by atoms with E-state index < -0.39 is 11.7 Å². The zero-order chi connectivity index (χ0) is 27.3. The van der Waals surface area contributed by atoms with E-state index in [1.54, 1.807) is 6.07 Å². The normalized spacial score (nSPS) is 8.26. The molecule has 0 unspecified atom stereocenters. The van der Waals surface area contributed by atoms with Crippen molar-refractivity contribution in [1.82, 2.24) is 0 Å². The summed E-state index contributed by atoms with van der Waals surface area (Å²) in [5.41, 5.74) is 0.720. The second-order valence-electron chi connectivity index (χ2n) is 5.26. The van der Waals surface area contributed by atoms with E-state index in [-0.39, 0.29) is 0 Å². The van der Waals surface area contributed by atoms with Gasteiger partial charge >= 0.3 is 6.18 Å². The molecule has 0 aliphatic carbocycles. The van der Waals surface area contributed by atoms with Crippen LogP contribution in [0.3, 0.4) is 0 Å². The quantitative estimate of drug-likeness (QED) is 0.354. The number of rotatable bonds is 2. The Morgan fingerprint density at radius 2 is 0.882 bits per heavy atom. The molecular weight excluding hydrogens is 433 g/mol. The van der Waals surface area contributed by atoms with Crippen molar-refractivity contribution in [3.05, 3.63) is 102 Å². The number of halogens is 3. The molecule has 0 aromatic heterocycles. The average Bonchev–Trinajstić information content (AvgIpc) is 2.91. The van der Waals surface area contributed by atoms with E-state index in [0.29, 0.717) is 0 Å². The van der Waals surface area contributed by atoms with Gasteiger partial charge in [-0.1, -0.05) is 140 Å². The molecule has 0 radical (unpaired) electrons. The largest absolute Gasteiger partial charge is 0.494 e. The summed E-state index contributed by atoms with van der Waals surface area (Å²) in [6.07, 6.45) is -4.21. The van der Waals surface area contributed by atoms with Crippen molar-refractivity contribution in [3.8, 4) is 5.75 Å². The highest BCUT2D eigenvalue weighted by Crippen LogP contribution is 2.28. The first-order valence-corrected chi connectivity index (χ1v) is 12.2. The van der Waals surface area contributed by atoms with Crippen molar-refractivity contribution in [1.29, 1.82) is 0 Å². The lowest BCUT2D eigenvalue weighted by molar-refractivity contribution is -0.137. The van der Waals surface area contributed by atoms with Gasteiger partial charge in [0.15, 0.2) is 0 Å².